The minimum Gasteiger partial charge on any atom is -0.480 e. The van der Waals surface area contributed by atoms with Crippen LogP contribution in [0.3, 0.4) is 0 Å². The molecule has 1 aromatic heterocycles. The molecular weight excluding hydrogens is 280 g/mol. The van der Waals surface area contributed by atoms with Crippen LogP contribution in [0.2, 0.25) is 0 Å². The van der Waals surface area contributed by atoms with Gasteiger partial charge in [0.05, 0.1) is 0 Å². The minimum absolute atomic E-state index is 0.230. The highest BCUT2D eigenvalue weighted by Crippen LogP contribution is 2.22. The minimum atomic E-state index is -0.869. The van der Waals surface area contributed by atoms with E-state index in [1.807, 2.05) is 6.92 Å². The van der Waals surface area contributed by atoms with Gasteiger partial charge in [0.15, 0.2) is 11.5 Å². The number of aliphatic carboxylic acids is 1. The van der Waals surface area contributed by atoms with Gasteiger partial charge < -0.3 is 15.3 Å². The average Bonchev–Trinajstić information content (AvgIpc) is 2.47. The number of nitrogens with zero attached hydrogens (tertiary/aromatic N) is 3. The van der Waals surface area contributed by atoms with Gasteiger partial charge in [-0.15, -0.1) is 10.2 Å². The smallest absolute Gasteiger partial charge is 0.327 e. The molecular formula is C12H16N4O3S. The normalized spacial score (nSPS) is 18.6. The lowest BCUT2D eigenvalue weighted by molar-refractivity contribution is -0.138. The molecule has 1 atom stereocenters. The van der Waals surface area contributed by atoms with Crippen molar-refractivity contribution in [3.05, 3.63) is 17.8 Å². The molecule has 108 valence electrons. The first-order valence-corrected chi connectivity index (χ1v) is 7.48. The van der Waals surface area contributed by atoms with E-state index in [4.69, 9.17) is 0 Å². The lowest BCUT2D eigenvalue weighted by atomic mass is 10.2. The number of carboxylic acid groups (broad SMARTS) is 1. The Morgan fingerprint density at radius 3 is 2.90 bits per heavy atom. The fourth-order valence-electron chi connectivity index (χ4n) is 1.93. The molecule has 20 heavy (non-hydrogen) atoms. The lowest BCUT2D eigenvalue weighted by Crippen LogP contribution is -2.48. The second-order valence-corrected chi connectivity index (χ2v) is 5.41. The van der Waals surface area contributed by atoms with E-state index in [9.17, 15) is 14.7 Å². The molecule has 2 heterocycles. The molecule has 7 nitrogen and oxygen atoms in total. The number of anilines is 1. The molecule has 2 N–H and O–H groups in total. The van der Waals surface area contributed by atoms with E-state index in [2.05, 4.69) is 15.5 Å². The third kappa shape index (κ3) is 3.19. The Labute approximate surface area is 120 Å². The highest BCUT2D eigenvalue weighted by Gasteiger charge is 2.30. The SMILES string of the molecule is CCNC(=O)c1ccc(N2CCSCC2C(=O)O)nn1. The van der Waals surface area contributed by atoms with Crippen LogP contribution >= 0.6 is 11.8 Å². The molecule has 1 aliphatic heterocycles. The van der Waals surface area contributed by atoms with Gasteiger partial charge in [-0.1, -0.05) is 0 Å². The monoisotopic (exact) mass is 296 g/mol. The predicted molar refractivity (Wildman–Crippen MR) is 76.1 cm³/mol. The number of thioether (sulfide) groups is 1. The predicted octanol–water partition coefficient (Wildman–Crippen LogP) is 0.233. The summed E-state index contributed by atoms with van der Waals surface area (Å²) in [5, 5.41) is 19.7. The number of aromatic nitrogens is 2. The van der Waals surface area contributed by atoms with Crippen molar-refractivity contribution in [1.82, 2.24) is 15.5 Å². The largest absolute Gasteiger partial charge is 0.480 e. The van der Waals surface area contributed by atoms with E-state index in [1.165, 1.54) is 0 Å². The zero-order valence-corrected chi connectivity index (χ0v) is 11.9. The van der Waals surface area contributed by atoms with Crippen LogP contribution in [-0.2, 0) is 4.79 Å². The van der Waals surface area contributed by atoms with Crippen LogP contribution in [-0.4, -0.2) is 57.8 Å². The Kier molecular flexibility index (Phi) is 4.78. The summed E-state index contributed by atoms with van der Waals surface area (Å²) < 4.78 is 0. The first-order valence-electron chi connectivity index (χ1n) is 6.32. The van der Waals surface area contributed by atoms with Crippen molar-refractivity contribution in [2.75, 3.05) is 29.5 Å². The molecule has 1 saturated heterocycles. The van der Waals surface area contributed by atoms with Gasteiger partial charge in [0, 0.05) is 24.6 Å². The Hall–Kier alpha value is -1.83. The molecule has 1 fully saturated rings. The number of carboxylic acids is 1. The van der Waals surface area contributed by atoms with E-state index in [0.29, 0.717) is 24.7 Å². The summed E-state index contributed by atoms with van der Waals surface area (Å²) in [5.74, 6) is 0.714. The van der Waals surface area contributed by atoms with E-state index in [0.717, 1.165) is 5.75 Å². The van der Waals surface area contributed by atoms with Gasteiger partial charge in [0.25, 0.3) is 5.91 Å². The van der Waals surface area contributed by atoms with Gasteiger partial charge in [-0.25, -0.2) is 4.79 Å². The fourth-order valence-corrected chi connectivity index (χ4v) is 2.97. The molecule has 0 aromatic carbocycles. The van der Waals surface area contributed by atoms with Gasteiger partial charge in [-0.3, -0.25) is 4.79 Å². The number of rotatable bonds is 4. The molecule has 1 unspecified atom stereocenters. The van der Waals surface area contributed by atoms with Gasteiger partial charge in [0.1, 0.15) is 6.04 Å². The maximum absolute atomic E-state index is 11.6. The van der Waals surface area contributed by atoms with Gasteiger partial charge in [-0.05, 0) is 19.1 Å². The molecule has 0 radical (unpaired) electrons. The van der Waals surface area contributed by atoms with Crippen LogP contribution < -0.4 is 10.2 Å². The molecule has 0 bridgehead atoms. The van der Waals surface area contributed by atoms with Crippen molar-refractivity contribution in [3.8, 4) is 0 Å². The van der Waals surface area contributed by atoms with E-state index in [1.54, 1.807) is 28.8 Å². The second kappa shape index (κ2) is 6.56. The molecule has 1 aromatic rings. The summed E-state index contributed by atoms with van der Waals surface area (Å²) in [5.41, 5.74) is 0.230. The summed E-state index contributed by atoms with van der Waals surface area (Å²) in [7, 11) is 0. The highest BCUT2D eigenvalue weighted by molar-refractivity contribution is 7.99. The zero-order valence-electron chi connectivity index (χ0n) is 11.1. The van der Waals surface area contributed by atoms with Crippen LogP contribution in [0.25, 0.3) is 0 Å². The number of nitrogens with one attached hydrogen (secondary N) is 1. The van der Waals surface area contributed by atoms with E-state index >= 15 is 0 Å². The van der Waals surface area contributed by atoms with Gasteiger partial charge >= 0.3 is 5.97 Å². The highest BCUT2D eigenvalue weighted by atomic mass is 32.2. The number of carbonyl (C=O) groups is 2. The van der Waals surface area contributed by atoms with Crippen molar-refractivity contribution in [3.63, 3.8) is 0 Å². The summed E-state index contributed by atoms with van der Waals surface area (Å²) in [6, 6.07) is 2.61. The third-order valence-electron chi connectivity index (χ3n) is 2.93. The van der Waals surface area contributed by atoms with Crippen molar-refractivity contribution in [1.29, 1.82) is 0 Å². The molecule has 1 amide bonds. The first-order chi connectivity index (χ1) is 9.63. The standard InChI is InChI=1S/C12H16N4O3S/c1-2-13-11(17)8-3-4-10(15-14-8)16-5-6-20-7-9(16)12(18)19/h3-4,9H,2,5-7H2,1H3,(H,13,17)(H,18,19). The maximum atomic E-state index is 11.6. The molecule has 2 rings (SSSR count). The van der Waals surface area contributed by atoms with Crippen LogP contribution in [0, 0.1) is 0 Å². The maximum Gasteiger partial charge on any atom is 0.327 e. The zero-order chi connectivity index (χ0) is 14.5. The topological polar surface area (TPSA) is 95.4 Å². The summed E-state index contributed by atoms with van der Waals surface area (Å²) >= 11 is 1.61. The quantitative estimate of drug-likeness (QED) is 0.821. The average molecular weight is 296 g/mol. The van der Waals surface area contributed by atoms with Crippen molar-refractivity contribution in [2.24, 2.45) is 0 Å². The Bertz CT molecular complexity index is 494. The van der Waals surface area contributed by atoms with Gasteiger partial charge in [0.2, 0.25) is 0 Å². The van der Waals surface area contributed by atoms with Crippen molar-refractivity contribution < 1.29 is 14.7 Å². The van der Waals surface area contributed by atoms with Crippen molar-refractivity contribution in [2.45, 2.75) is 13.0 Å². The second-order valence-electron chi connectivity index (χ2n) is 4.26. The Morgan fingerprint density at radius 1 is 1.50 bits per heavy atom. The lowest BCUT2D eigenvalue weighted by Gasteiger charge is -2.33. The summed E-state index contributed by atoms with van der Waals surface area (Å²) in [4.78, 5) is 24.5. The molecule has 8 heteroatoms. The number of carbonyl (C=O) groups excluding carboxylic acids is 1. The van der Waals surface area contributed by atoms with E-state index in [-0.39, 0.29) is 11.6 Å². The molecule has 0 saturated carbocycles. The van der Waals surface area contributed by atoms with Crippen LogP contribution in [0.15, 0.2) is 12.1 Å². The fraction of sp³-hybridized carbons (Fsp3) is 0.500. The summed E-state index contributed by atoms with van der Waals surface area (Å²) in [6.07, 6.45) is 0. The van der Waals surface area contributed by atoms with Gasteiger partial charge in [-0.2, -0.15) is 11.8 Å². The third-order valence-corrected chi connectivity index (χ3v) is 3.95. The Morgan fingerprint density at radius 2 is 2.30 bits per heavy atom. The molecule has 1 aliphatic rings. The number of hydrogen-bond donors (Lipinski definition) is 2. The van der Waals surface area contributed by atoms with E-state index < -0.39 is 12.0 Å². The van der Waals surface area contributed by atoms with Crippen LogP contribution in [0.5, 0.6) is 0 Å². The number of hydrogen-bond acceptors (Lipinski definition) is 6. The van der Waals surface area contributed by atoms with Crippen molar-refractivity contribution >= 4 is 29.5 Å². The molecule has 0 spiro atoms. The van der Waals surface area contributed by atoms with Crippen LogP contribution in [0.1, 0.15) is 17.4 Å². The Balaban J connectivity index is 2.15. The van der Waals surface area contributed by atoms with Crippen LogP contribution in [0.4, 0.5) is 5.82 Å². The molecule has 0 aliphatic carbocycles. The number of amides is 1. The summed E-state index contributed by atoms with van der Waals surface area (Å²) in [6.45, 7) is 2.95. The first kappa shape index (κ1) is 14.6.